The number of hydrogen-bond acceptors (Lipinski definition) is 4. The van der Waals surface area contributed by atoms with Crippen LogP contribution in [0.4, 0.5) is 5.82 Å². The van der Waals surface area contributed by atoms with Crippen LogP contribution in [0.3, 0.4) is 0 Å². The van der Waals surface area contributed by atoms with Crippen molar-refractivity contribution in [3.63, 3.8) is 0 Å². The van der Waals surface area contributed by atoms with Crippen LogP contribution in [0.2, 0.25) is 0 Å². The molecule has 0 atom stereocenters. The van der Waals surface area contributed by atoms with Gasteiger partial charge >= 0.3 is 0 Å². The quantitative estimate of drug-likeness (QED) is 0.813. The minimum Gasteiger partial charge on any atom is -0.370 e. The number of likely N-dealkylation sites (tertiary alicyclic amines) is 1. The molecule has 1 saturated heterocycles. The van der Waals surface area contributed by atoms with Gasteiger partial charge in [-0.05, 0) is 25.0 Å². The lowest BCUT2D eigenvalue weighted by molar-refractivity contribution is -0.129. The third-order valence-electron chi connectivity index (χ3n) is 3.15. The number of carbonyl (C=O) groups is 2. The molecular weight excluding hydrogens is 244 g/mol. The molecule has 0 unspecified atom stereocenters. The van der Waals surface area contributed by atoms with E-state index in [9.17, 15) is 9.59 Å². The Kier molecular flexibility index (Phi) is 4.33. The van der Waals surface area contributed by atoms with Gasteiger partial charge in [0.2, 0.25) is 11.8 Å². The highest BCUT2D eigenvalue weighted by Gasteiger charge is 2.16. The first-order valence-electron chi connectivity index (χ1n) is 6.44. The number of carbonyl (C=O) groups excluding carboxylic acids is 2. The first-order valence-corrected chi connectivity index (χ1v) is 6.44. The maximum atomic E-state index is 11.8. The predicted molar refractivity (Wildman–Crippen MR) is 71.7 cm³/mol. The van der Waals surface area contributed by atoms with Crippen molar-refractivity contribution in [2.75, 3.05) is 25.0 Å². The fraction of sp³-hybridized carbons (Fsp3) is 0.462. The van der Waals surface area contributed by atoms with Crippen molar-refractivity contribution >= 4 is 17.6 Å². The maximum absolute atomic E-state index is 11.8. The zero-order valence-electron chi connectivity index (χ0n) is 10.8. The van der Waals surface area contributed by atoms with Gasteiger partial charge in [-0.2, -0.15) is 0 Å². The zero-order chi connectivity index (χ0) is 13.7. The summed E-state index contributed by atoms with van der Waals surface area (Å²) in [6.45, 7) is 2.30. The van der Waals surface area contributed by atoms with Gasteiger partial charge in [0.1, 0.15) is 5.82 Å². The van der Waals surface area contributed by atoms with Crippen molar-refractivity contribution in [2.45, 2.75) is 19.3 Å². The monoisotopic (exact) mass is 262 g/mol. The Labute approximate surface area is 112 Å². The smallest absolute Gasteiger partial charge is 0.250 e. The number of rotatable bonds is 5. The summed E-state index contributed by atoms with van der Waals surface area (Å²) < 4.78 is 0. The molecule has 2 amide bonds. The van der Waals surface area contributed by atoms with Gasteiger partial charge in [-0.25, -0.2) is 4.98 Å². The molecule has 102 valence electrons. The van der Waals surface area contributed by atoms with Gasteiger partial charge in [-0.3, -0.25) is 9.59 Å². The summed E-state index contributed by atoms with van der Waals surface area (Å²) in [6.07, 6.45) is 4.09. The molecular formula is C13H18N4O2. The Balaban J connectivity index is 1.75. The van der Waals surface area contributed by atoms with Crippen LogP contribution in [-0.4, -0.2) is 41.3 Å². The second-order valence-electron chi connectivity index (χ2n) is 4.56. The summed E-state index contributed by atoms with van der Waals surface area (Å²) in [4.78, 5) is 28.6. The van der Waals surface area contributed by atoms with E-state index in [1.165, 1.54) is 6.20 Å². The molecule has 0 aromatic carbocycles. The van der Waals surface area contributed by atoms with Crippen LogP contribution >= 0.6 is 0 Å². The number of nitrogens with two attached hydrogens (primary N) is 1. The first-order chi connectivity index (χ1) is 9.16. The fourth-order valence-corrected chi connectivity index (χ4v) is 2.07. The van der Waals surface area contributed by atoms with Crippen molar-refractivity contribution < 1.29 is 9.59 Å². The van der Waals surface area contributed by atoms with Crippen LogP contribution in [-0.2, 0) is 4.79 Å². The van der Waals surface area contributed by atoms with E-state index in [4.69, 9.17) is 5.73 Å². The van der Waals surface area contributed by atoms with Crippen molar-refractivity contribution in [3.8, 4) is 0 Å². The van der Waals surface area contributed by atoms with Crippen LogP contribution in [0, 0.1) is 0 Å². The van der Waals surface area contributed by atoms with Crippen molar-refractivity contribution in [1.29, 1.82) is 0 Å². The summed E-state index contributed by atoms with van der Waals surface area (Å²) in [5.41, 5.74) is 5.50. The van der Waals surface area contributed by atoms with Crippen LogP contribution in [0.5, 0.6) is 0 Å². The number of amides is 2. The highest BCUT2D eigenvalue weighted by molar-refractivity contribution is 5.92. The summed E-state index contributed by atoms with van der Waals surface area (Å²) in [5, 5.41) is 3.05. The lowest BCUT2D eigenvalue weighted by atomic mass is 10.3. The Morgan fingerprint density at radius 1 is 1.32 bits per heavy atom. The second kappa shape index (κ2) is 6.17. The van der Waals surface area contributed by atoms with E-state index in [2.05, 4.69) is 10.3 Å². The number of pyridine rings is 1. The largest absolute Gasteiger partial charge is 0.370 e. The molecule has 1 fully saturated rings. The van der Waals surface area contributed by atoms with Gasteiger partial charge in [0.15, 0.2) is 0 Å². The molecule has 0 radical (unpaired) electrons. The fourth-order valence-electron chi connectivity index (χ4n) is 2.07. The van der Waals surface area contributed by atoms with E-state index in [1.54, 1.807) is 12.1 Å². The average molecular weight is 262 g/mol. The van der Waals surface area contributed by atoms with Gasteiger partial charge in [-0.15, -0.1) is 0 Å². The molecule has 6 heteroatoms. The molecule has 1 aromatic rings. The zero-order valence-corrected chi connectivity index (χ0v) is 10.8. The summed E-state index contributed by atoms with van der Waals surface area (Å²) in [6, 6.07) is 3.29. The molecule has 0 saturated carbocycles. The topological polar surface area (TPSA) is 88.3 Å². The van der Waals surface area contributed by atoms with Crippen molar-refractivity contribution in [2.24, 2.45) is 5.73 Å². The molecule has 19 heavy (non-hydrogen) atoms. The average Bonchev–Trinajstić information content (AvgIpc) is 2.93. The lowest BCUT2D eigenvalue weighted by Crippen LogP contribution is -2.29. The van der Waals surface area contributed by atoms with Gasteiger partial charge in [-0.1, -0.05) is 0 Å². The Hall–Kier alpha value is -2.11. The standard InChI is InChI=1S/C13H18N4O2/c14-13(19)10-3-4-11(16-9-10)15-6-5-12(18)17-7-1-2-8-17/h3-4,9H,1-2,5-8H2,(H2,14,19)(H,15,16). The van der Waals surface area contributed by atoms with Crippen LogP contribution in [0.25, 0.3) is 0 Å². The Bertz CT molecular complexity index is 452. The van der Waals surface area contributed by atoms with Gasteiger partial charge in [0.05, 0.1) is 5.56 Å². The minimum atomic E-state index is -0.497. The lowest BCUT2D eigenvalue weighted by Gasteiger charge is -2.15. The number of aromatic nitrogens is 1. The molecule has 3 N–H and O–H groups in total. The first kappa shape index (κ1) is 13.3. The van der Waals surface area contributed by atoms with Gasteiger partial charge in [0, 0.05) is 32.3 Å². The molecule has 6 nitrogen and oxygen atoms in total. The molecule has 0 aliphatic carbocycles. The maximum Gasteiger partial charge on any atom is 0.250 e. The normalized spacial score (nSPS) is 14.4. The van der Waals surface area contributed by atoms with E-state index >= 15 is 0 Å². The van der Waals surface area contributed by atoms with Crippen LogP contribution in [0.15, 0.2) is 18.3 Å². The number of hydrogen-bond donors (Lipinski definition) is 2. The summed E-state index contributed by atoms with van der Waals surface area (Å²) >= 11 is 0. The van der Waals surface area contributed by atoms with E-state index in [0.717, 1.165) is 25.9 Å². The summed E-state index contributed by atoms with van der Waals surface area (Å²) in [7, 11) is 0. The predicted octanol–water partition coefficient (Wildman–Crippen LogP) is 0.605. The SMILES string of the molecule is NC(=O)c1ccc(NCCC(=O)N2CCCC2)nc1. The number of primary amides is 1. The molecule has 0 bridgehead atoms. The third kappa shape index (κ3) is 3.67. The molecule has 0 spiro atoms. The highest BCUT2D eigenvalue weighted by Crippen LogP contribution is 2.09. The van der Waals surface area contributed by atoms with E-state index in [0.29, 0.717) is 24.3 Å². The summed E-state index contributed by atoms with van der Waals surface area (Å²) in [5.74, 6) is 0.321. The van der Waals surface area contributed by atoms with E-state index in [1.807, 2.05) is 4.90 Å². The van der Waals surface area contributed by atoms with Crippen LogP contribution in [0.1, 0.15) is 29.6 Å². The molecule has 1 aliphatic heterocycles. The minimum absolute atomic E-state index is 0.179. The van der Waals surface area contributed by atoms with Gasteiger partial charge < -0.3 is 16.0 Å². The Morgan fingerprint density at radius 3 is 2.63 bits per heavy atom. The molecule has 2 rings (SSSR count). The molecule has 1 aromatic heterocycles. The van der Waals surface area contributed by atoms with E-state index in [-0.39, 0.29) is 5.91 Å². The number of anilines is 1. The Morgan fingerprint density at radius 2 is 2.05 bits per heavy atom. The van der Waals surface area contributed by atoms with Gasteiger partial charge in [0.25, 0.3) is 0 Å². The molecule has 2 heterocycles. The number of nitrogens with zero attached hydrogens (tertiary/aromatic N) is 2. The third-order valence-corrected chi connectivity index (χ3v) is 3.15. The number of nitrogens with one attached hydrogen (secondary N) is 1. The second-order valence-corrected chi connectivity index (χ2v) is 4.56. The highest BCUT2D eigenvalue weighted by atomic mass is 16.2. The van der Waals surface area contributed by atoms with Crippen molar-refractivity contribution in [1.82, 2.24) is 9.88 Å². The van der Waals surface area contributed by atoms with Crippen molar-refractivity contribution in [3.05, 3.63) is 23.9 Å². The van der Waals surface area contributed by atoms with Crippen LogP contribution < -0.4 is 11.1 Å². The molecule has 1 aliphatic rings. The van der Waals surface area contributed by atoms with E-state index < -0.39 is 5.91 Å².